The van der Waals surface area contributed by atoms with Crippen LogP contribution in [0.2, 0.25) is 5.15 Å². The fourth-order valence-corrected chi connectivity index (χ4v) is 2.60. The smallest absolute Gasteiger partial charge is 0.338 e. The summed E-state index contributed by atoms with van der Waals surface area (Å²) >= 11 is 6.08. The largest absolute Gasteiger partial charge is 0.456 e. The zero-order chi connectivity index (χ0) is 16.3. The highest BCUT2D eigenvalue weighted by Crippen LogP contribution is 2.21. The molecule has 2 rings (SSSR count). The van der Waals surface area contributed by atoms with Gasteiger partial charge in [-0.05, 0) is 39.4 Å². The molecule has 0 aromatic carbocycles. The Hall–Kier alpha value is -1.33. The Balaban J connectivity index is 2.15. The lowest BCUT2D eigenvalue weighted by atomic mass is 10.2. The second-order valence-corrected chi connectivity index (χ2v) is 6.85. The molecule has 0 atom stereocenters. The molecular weight excluding hydrogens is 302 g/mol. The van der Waals surface area contributed by atoms with Gasteiger partial charge < -0.3 is 14.5 Å². The maximum absolute atomic E-state index is 12.2. The lowest BCUT2D eigenvalue weighted by Gasteiger charge is -2.34. The van der Waals surface area contributed by atoms with Crippen LogP contribution in [0.25, 0.3) is 0 Å². The van der Waals surface area contributed by atoms with E-state index in [9.17, 15) is 4.79 Å². The Morgan fingerprint density at radius 1 is 1.27 bits per heavy atom. The van der Waals surface area contributed by atoms with Crippen LogP contribution in [0.3, 0.4) is 0 Å². The number of carbonyl (C=O) groups is 1. The van der Waals surface area contributed by atoms with Crippen LogP contribution in [-0.2, 0) is 4.74 Å². The zero-order valence-corrected chi connectivity index (χ0v) is 14.5. The van der Waals surface area contributed by atoms with Crippen molar-refractivity contribution in [3.8, 4) is 0 Å². The molecule has 0 bridgehead atoms. The van der Waals surface area contributed by atoms with E-state index < -0.39 is 5.60 Å². The van der Waals surface area contributed by atoms with Crippen molar-refractivity contribution in [1.82, 2.24) is 9.88 Å². The topological polar surface area (TPSA) is 45.7 Å². The number of hydrogen-bond donors (Lipinski definition) is 0. The zero-order valence-electron chi connectivity index (χ0n) is 13.7. The van der Waals surface area contributed by atoms with Gasteiger partial charge >= 0.3 is 5.97 Å². The summed E-state index contributed by atoms with van der Waals surface area (Å²) in [5, 5.41) is 0.316. The van der Waals surface area contributed by atoms with Gasteiger partial charge in [-0.25, -0.2) is 9.78 Å². The second kappa shape index (κ2) is 6.84. The summed E-state index contributed by atoms with van der Waals surface area (Å²) in [5.74, 6) is 0.370. The van der Waals surface area contributed by atoms with E-state index in [0.29, 0.717) is 10.7 Å². The van der Waals surface area contributed by atoms with Gasteiger partial charge in [0.05, 0.1) is 5.56 Å². The molecule has 0 unspecified atom stereocenters. The molecule has 1 fully saturated rings. The SMILES string of the molecule is CCN1CCN(c2cc(C(=O)OC(C)(C)C)cc(Cl)n2)CC1. The fourth-order valence-electron chi connectivity index (χ4n) is 2.39. The number of pyridine rings is 1. The Labute approximate surface area is 137 Å². The van der Waals surface area contributed by atoms with Gasteiger partial charge in [0.25, 0.3) is 0 Å². The van der Waals surface area contributed by atoms with Crippen molar-refractivity contribution in [2.45, 2.75) is 33.3 Å². The molecule has 0 radical (unpaired) electrons. The summed E-state index contributed by atoms with van der Waals surface area (Å²) in [7, 11) is 0. The van der Waals surface area contributed by atoms with E-state index in [4.69, 9.17) is 16.3 Å². The van der Waals surface area contributed by atoms with Crippen molar-refractivity contribution in [3.05, 3.63) is 22.8 Å². The predicted molar refractivity (Wildman–Crippen MR) is 88.7 cm³/mol. The number of rotatable bonds is 3. The molecule has 0 N–H and O–H groups in total. The third-order valence-electron chi connectivity index (χ3n) is 3.56. The van der Waals surface area contributed by atoms with Crippen molar-refractivity contribution >= 4 is 23.4 Å². The molecule has 22 heavy (non-hydrogen) atoms. The van der Waals surface area contributed by atoms with Gasteiger partial charge in [0.15, 0.2) is 0 Å². The maximum Gasteiger partial charge on any atom is 0.338 e. The highest BCUT2D eigenvalue weighted by Gasteiger charge is 2.22. The average Bonchev–Trinajstić information content (AvgIpc) is 2.45. The summed E-state index contributed by atoms with van der Waals surface area (Å²) < 4.78 is 5.40. The number of nitrogens with zero attached hydrogens (tertiary/aromatic N) is 3. The van der Waals surface area contributed by atoms with Crippen molar-refractivity contribution in [2.24, 2.45) is 0 Å². The molecule has 1 aliphatic rings. The molecule has 1 saturated heterocycles. The molecule has 0 spiro atoms. The number of aromatic nitrogens is 1. The first-order chi connectivity index (χ1) is 10.3. The minimum absolute atomic E-state index is 0.316. The van der Waals surface area contributed by atoms with Gasteiger partial charge in [0.1, 0.15) is 16.6 Å². The number of halogens is 1. The molecule has 0 saturated carbocycles. The van der Waals surface area contributed by atoms with Crippen LogP contribution in [0.4, 0.5) is 5.82 Å². The molecule has 5 nitrogen and oxygen atoms in total. The van der Waals surface area contributed by atoms with Crippen molar-refractivity contribution in [1.29, 1.82) is 0 Å². The van der Waals surface area contributed by atoms with Crippen molar-refractivity contribution in [3.63, 3.8) is 0 Å². The molecule has 6 heteroatoms. The quantitative estimate of drug-likeness (QED) is 0.631. The van der Waals surface area contributed by atoms with Gasteiger partial charge in [-0.1, -0.05) is 18.5 Å². The molecule has 1 aromatic heterocycles. The van der Waals surface area contributed by atoms with Gasteiger partial charge in [0.2, 0.25) is 0 Å². The van der Waals surface area contributed by atoms with E-state index in [2.05, 4.69) is 21.7 Å². The molecule has 2 heterocycles. The van der Waals surface area contributed by atoms with Gasteiger partial charge in [-0.15, -0.1) is 0 Å². The first-order valence-electron chi connectivity index (χ1n) is 7.67. The van der Waals surface area contributed by atoms with Crippen LogP contribution in [0.1, 0.15) is 38.1 Å². The maximum atomic E-state index is 12.2. The van der Waals surface area contributed by atoms with E-state index in [-0.39, 0.29) is 5.97 Å². The van der Waals surface area contributed by atoms with Gasteiger partial charge in [0, 0.05) is 26.2 Å². The van der Waals surface area contributed by atoms with E-state index in [1.165, 1.54) is 0 Å². The molecule has 0 aliphatic carbocycles. The Morgan fingerprint density at radius 2 is 1.91 bits per heavy atom. The average molecular weight is 326 g/mol. The Bertz CT molecular complexity index is 535. The van der Waals surface area contributed by atoms with Crippen LogP contribution in [0.5, 0.6) is 0 Å². The van der Waals surface area contributed by atoms with Crippen LogP contribution >= 0.6 is 11.6 Å². The number of hydrogen-bond acceptors (Lipinski definition) is 5. The van der Waals surface area contributed by atoms with E-state index >= 15 is 0 Å². The van der Waals surface area contributed by atoms with Crippen LogP contribution in [0.15, 0.2) is 12.1 Å². The summed E-state index contributed by atoms with van der Waals surface area (Å²) in [4.78, 5) is 21.1. The number of esters is 1. The summed E-state index contributed by atoms with van der Waals surface area (Å²) in [5.41, 5.74) is -0.0810. The molecule has 122 valence electrons. The van der Waals surface area contributed by atoms with E-state index in [1.54, 1.807) is 12.1 Å². The third kappa shape index (κ3) is 4.58. The number of likely N-dealkylation sites (N-methyl/N-ethyl adjacent to an activating group) is 1. The first kappa shape index (κ1) is 17.0. The van der Waals surface area contributed by atoms with E-state index in [1.807, 2.05) is 20.8 Å². The van der Waals surface area contributed by atoms with Crippen molar-refractivity contribution in [2.75, 3.05) is 37.6 Å². The lowest BCUT2D eigenvalue weighted by Crippen LogP contribution is -2.46. The highest BCUT2D eigenvalue weighted by atomic mass is 35.5. The van der Waals surface area contributed by atoms with Gasteiger partial charge in [-0.2, -0.15) is 0 Å². The van der Waals surface area contributed by atoms with Crippen molar-refractivity contribution < 1.29 is 9.53 Å². The number of piperazine rings is 1. The Morgan fingerprint density at radius 3 is 2.45 bits per heavy atom. The highest BCUT2D eigenvalue weighted by molar-refractivity contribution is 6.29. The minimum atomic E-state index is -0.528. The minimum Gasteiger partial charge on any atom is -0.456 e. The summed E-state index contributed by atoms with van der Waals surface area (Å²) in [6, 6.07) is 3.32. The number of carbonyl (C=O) groups excluding carboxylic acids is 1. The number of anilines is 1. The van der Waals surface area contributed by atoms with Crippen LogP contribution < -0.4 is 4.90 Å². The van der Waals surface area contributed by atoms with Gasteiger partial charge in [-0.3, -0.25) is 0 Å². The normalized spacial score (nSPS) is 16.7. The lowest BCUT2D eigenvalue weighted by molar-refractivity contribution is 0.00694. The Kier molecular flexibility index (Phi) is 5.29. The predicted octanol–water partition coefficient (Wildman–Crippen LogP) is 2.83. The monoisotopic (exact) mass is 325 g/mol. The summed E-state index contributed by atoms with van der Waals surface area (Å²) in [6.45, 7) is 12.5. The van der Waals surface area contributed by atoms with E-state index in [0.717, 1.165) is 38.5 Å². The van der Waals surface area contributed by atoms with Crippen LogP contribution in [0, 0.1) is 0 Å². The van der Waals surface area contributed by atoms with Crippen LogP contribution in [-0.4, -0.2) is 54.2 Å². The summed E-state index contributed by atoms with van der Waals surface area (Å²) in [6.07, 6.45) is 0. The molecule has 1 aromatic rings. The standard InChI is InChI=1S/C16H24ClN3O2/c1-5-19-6-8-20(9-7-19)14-11-12(10-13(17)18-14)15(21)22-16(2,3)4/h10-11H,5-9H2,1-4H3. The molecular formula is C16H24ClN3O2. The number of ether oxygens (including phenoxy) is 1. The third-order valence-corrected chi connectivity index (χ3v) is 3.75. The first-order valence-corrected chi connectivity index (χ1v) is 8.04. The molecule has 1 aliphatic heterocycles. The molecule has 0 amide bonds. The second-order valence-electron chi connectivity index (χ2n) is 6.46. The fraction of sp³-hybridized carbons (Fsp3) is 0.625.